The summed E-state index contributed by atoms with van der Waals surface area (Å²) in [5.41, 5.74) is -1.14. The summed E-state index contributed by atoms with van der Waals surface area (Å²) in [4.78, 5) is 26.2. The predicted molar refractivity (Wildman–Crippen MR) is 77.9 cm³/mol. The molecule has 0 radical (unpaired) electrons. The Kier molecular flexibility index (Phi) is 4.55. The van der Waals surface area contributed by atoms with Crippen LogP contribution >= 0.6 is 0 Å². The number of hydrogen-bond acceptors (Lipinski definition) is 7. The van der Waals surface area contributed by atoms with Crippen LogP contribution in [0.3, 0.4) is 0 Å². The van der Waals surface area contributed by atoms with Crippen molar-refractivity contribution in [2.24, 2.45) is 0 Å². The van der Waals surface area contributed by atoms with Crippen molar-refractivity contribution in [2.75, 3.05) is 13.3 Å². The van der Waals surface area contributed by atoms with Crippen molar-refractivity contribution >= 4 is 0 Å². The fraction of sp³-hybridized carbons (Fsp3) is 0.538. The maximum absolute atomic E-state index is 12.3. The molecule has 1 aliphatic heterocycles. The van der Waals surface area contributed by atoms with Crippen molar-refractivity contribution in [1.29, 1.82) is 0 Å². The third-order valence-electron chi connectivity index (χ3n) is 3.79. The maximum Gasteiger partial charge on any atom is 0.330 e. The van der Waals surface area contributed by atoms with Gasteiger partial charge in [0.05, 0.1) is 31.0 Å². The number of nitrogens with zero attached hydrogens (tertiary/aromatic N) is 4. The van der Waals surface area contributed by atoms with Gasteiger partial charge in [-0.25, -0.2) is 13.9 Å². The molecule has 3 rings (SSSR count). The average molecular weight is 341 g/mol. The van der Waals surface area contributed by atoms with E-state index in [4.69, 9.17) is 9.84 Å². The molecule has 1 aliphatic rings. The molecule has 3 N–H and O–H groups in total. The van der Waals surface area contributed by atoms with E-state index in [0.717, 1.165) is 4.57 Å². The Balaban J connectivity index is 1.97. The minimum atomic E-state index is -0.923. The number of aliphatic hydroxyl groups excluding tert-OH is 2. The van der Waals surface area contributed by atoms with E-state index in [2.05, 4.69) is 15.3 Å². The zero-order valence-electron chi connectivity index (χ0n) is 12.5. The standard InChI is InChI=1S/C13H16FN5O5/c14-1-2-18-5-8(16-17-18)7-4-19(13(23)15-12(7)22)11-3-9(21)10(6-20)24-11/h4-5,9-11,20-21H,1-3,6H2,(H,15,22,23)/t9-,10+,11+/m0/s1/i14+0. The normalized spacial score (nSPS) is 23.7. The second-order valence-corrected chi connectivity index (χ2v) is 5.38. The fourth-order valence-electron chi connectivity index (χ4n) is 2.55. The fourth-order valence-corrected chi connectivity index (χ4v) is 2.55. The number of alkyl halides is 1. The molecular weight excluding hydrogens is 325 g/mol. The smallest absolute Gasteiger partial charge is 0.330 e. The first-order valence-electron chi connectivity index (χ1n) is 7.29. The monoisotopic (exact) mass is 341 g/mol. The van der Waals surface area contributed by atoms with E-state index in [1.54, 1.807) is 0 Å². The zero-order valence-corrected chi connectivity index (χ0v) is 12.5. The van der Waals surface area contributed by atoms with Crippen LogP contribution in [0.1, 0.15) is 12.6 Å². The SMILES string of the molecule is O=c1[nH]c(=O)n([C@H]2C[C@H](O)[C@@H](CO)O2)cc1-c1cn(CC[19F])nn1. The molecule has 0 amide bonds. The summed E-state index contributed by atoms with van der Waals surface area (Å²) in [6.07, 6.45) is 0.171. The molecule has 0 saturated carbocycles. The molecule has 0 spiro atoms. The van der Waals surface area contributed by atoms with Gasteiger partial charge in [0.15, 0.2) is 0 Å². The van der Waals surface area contributed by atoms with Gasteiger partial charge in [0.1, 0.15) is 24.7 Å². The maximum atomic E-state index is 12.3. The van der Waals surface area contributed by atoms with Crippen LogP contribution in [0.2, 0.25) is 0 Å². The first-order chi connectivity index (χ1) is 11.5. The minimum Gasteiger partial charge on any atom is -0.394 e. The van der Waals surface area contributed by atoms with Crippen LogP contribution in [-0.2, 0) is 11.3 Å². The Bertz CT molecular complexity index is 831. The highest BCUT2D eigenvalue weighted by Crippen LogP contribution is 2.27. The van der Waals surface area contributed by atoms with Crippen LogP contribution in [0, 0.1) is 0 Å². The van der Waals surface area contributed by atoms with Crippen LogP contribution in [0.15, 0.2) is 22.0 Å². The van der Waals surface area contributed by atoms with Gasteiger partial charge in [-0.15, -0.1) is 5.10 Å². The second-order valence-electron chi connectivity index (χ2n) is 5.38. The summed E-state index contributed by atoms with van der Waals surface area (Å²) in [5.74, 6) is 0. The number of aliphatic hydroxyl groups is 2. The number of hydrogen-bond donors (Lipinski definition) is 3. The summed E-state index contributed by atoms with van der Waals surface area (Å²) in [7, 11) is 0. The van der Waals surface area contributed by atoms with E-state index in [-0.39, 0.29) is 30.8 Å². The van der Waals surface area contributed by atoms with Gasteiger partial charge in [-0.2, -0.15) is 0 Å². The van der Waals surface area contributed by atoms with E-state index >= 15 is 0 Å². The van der Waals surface area contributed by atoms with Gasteiger partial charge in [0.25, 0.3) is 5.56 Å². The topological polar surface area (TPSA) is 135 Å². The van der Waals surface area contributed by atoms with Gasteiger partial charge in [0, 0.05) is 12.6 Å². The molecule has 10 nitrogen and oxygen atoms in total. The lowest BCUT2D eigenvalue weighted by molar-refractivity contribution is -0.0458. The van der Waals surface area contributed by atoms with E-state index in [0.29, 0.717) is 0 Å². The Labute approximate surface area is 134 Å². The number of nitrogens with one attached hydrogen (secondary N) is 1. The molecule has 11 heteroatoms. The van der Waals surface area contributed by atoms with Crippen LogP contribution in [0.5, 0.6) is 0 Å². The Morgan fingerprint density at radius 3 is 2.88 bits per heavy atom. The van der Waals surface area contributed by atoms with Gasteiger partial charge in [0.2, 0.25) is 0 Å². The predicted octanol–water partition coefficient (Wildman–Crippen LogP) is -1.59. The lowest BCUT2D eigenvalue weighted by atomic mass is 10.2. The molecule has 3 heterocycles. The lowest BCUT2D eigenvalue weighted by Crippen LogP contribution is -2.33. The summed E-state index contributed by atoms with van der Waals surface area (Å²) >= 11 is 0. The molecule has 1 saturated heterocycles. The van der Waals surface area contributed by atoms with E-state index < -0.39 is 36.4 Å². The van der Waals surface area contributed by atoms with Crippen molar-refractivity contribution in [2.45, 2.75) is 31.4 Å². The number of aromatic amines is 1. The molecule has 24 heavy (non-hydrogen) atoms. The minimum absolute atomic E-state index is 0.000647. The third kappa shape index (κ3) is 3.00. The highest BCUT2D eigenvalue weighted by atomic mass is 19.1. The van der Waals surface area contributed by atoms with Gasteiger partial charge in [-0.05, 0) is 0 Å². The number of rotatable bonds is 5. The zero-order chi connectivity index (χ0) is 17.3. The van der Waals surface area contributed by atoms with Crippen molar-refractivity contribution in [1.82, 2.24) is 24.5 Å². The average Bonchev–Trinajstić information content (AvgIpc) is 3.14. The van der Waals surface area contributed by atoms with Crippen LogP contribution in [-0.4, -0.2) is 60.2 Å². The second kappa shape index (κ2) is 6.63. The summed E-state index contributed by atoms with van der Waals surface area (Å²) in [6.45, 7) is -1.02. The first-order valence-corrected chi connectivity index (χ1v) is 7.29. The van der Waals surface area contributed by atoms with Gasteiger partial charge < -0.3 is 14.9 Å². The molecule has 3 atom stereocenters. The molecule has 2 aromatic rings. The molecule has 0 aliphatic carbocycles. The van der Waals surface area contributed by atoms with Crippen molar-refractivity contribution in [3.8, 4) is 11.3 Å². The number of halogens is 1. The molecule has 0 aromatic carbocycles. The summed E-state index contributed by atoms with van der Waals surface area (Å²) < 4.78 is 20.1. The molecule has 2 aromatic heterocycles. The van der Waals surface area contributed by atoms with Crippen LogP contribution in [0.4, 0.5) is 4.39 Å². The summed E-state index contributed by atoms with van der Waals surface area (Å²) in [6, 6.07) is 0. The van der Waals surface area contributed by atoms with Crippen LogP contribution < -0.4 is 11.2 Å². The summed E-state index contributed by atoms with van der Waals surface area (Å²) in [5, 5.41) is 26.4. The van der Waals surface area contributed by atoms with Crippen molar-refractivity contribution in [3.63, 3.8) is 0 Å². The molecule has 0 bridgehead atoms. The Hall–Kier alpha value is -2.37. The Morgan fingerprint density at radius 1 is 1.42 bits per heavy atom. The number of aromatic nitrogens is 5. The third-order valence-corrected chi connectivity index (χ3v) is 3.79. The molecule has 1 fully saturated rings. The van der Waals surface area contributed by atoms with Gasteiger partial charge in [-0.3, -0.25) is 14.3 Å². The van der Waals surface area contributed by atoms with Gasteiger partial charge >= 0.3 is 5.69 Å². The molecule has 0 unspecified atom stereocenters. The van der Waals surface area contributed by atoms with E-state index in [9.17, 15) is 19.1 Å². The van der Waals surface area contributed by atoms with Gasteiger partial charge in [-0.1, -0.05) is 5.21 Å². The highest BCUT2D eigenvalue weighted by molar-refractivity contribution is 5.54. The van der Waals surface area contributed by atoms with Crippen molar-refractivity contribution in [3.05, 3.63) is 33.2 Å². The number of ether oxygens (including phenoxy) is 1. The van der Waals surface area contributed by atoms with Crippen LogP contribution in [0.25, 0.3) is 11.3 Å². The van der Waals surface area contributed by atoms with E-state index in [1.807, 2.05) is 0 Å². The number of H-pyrrole nitrogens is 1. The highest BCUT2D eigenvalue weighted by Gasteiger charge is 2.35. The first kappa shape index (κ1) is 16.5. The lowest BCUT2D eigenvalue weighted by Gasteiger charge is -2.14. The molecule has 130 valence electrons. The quantitative estimate of drug-likeness (QED) is 0.596. The largest absolute Gasteiger partial charge is 0.394 e. The van der Waals surface area contributed by atoms with Crippen molar-refractivity contribution < 1.29 is 19.3 Å². The number of aryl methyl sites for hydroxylation is 1. The Morgan fingerprint density at radius 2 is 2.21 bits per heavy atom. The van der Waals surface area contributed by atoms with E-state index in [1.165, 1.54) is 17.1 Å². The molecular formula is C13H16FN5O5.